The van der Waals surface area contributed by atoms with Crippen LogP contribution < -0.4 is 16.6 Å². The summed E-state index contributed by atoms with van der Waals surface area (Å²) in [5, 5.41) is 12.7. The Balaban J connectivity index is 3.79. The zero-order valence-electron chi connectivity index (χ0n) is 8.16. The van der Waals surface area contributed by atoms with Crippen molar-refractivity contribution in [3.63, 3.8) is 0 Å². The number of quaternary nitrogens is 1. The van der Waals surface area contributed by atoms with Gasteiger partial charge in [0.15, 0.2) is 0 Å². The van der Waals surface area contributed by atoms with Crippen LogP contribution in [0.25, 0.3) is 0 Å². The molecule has 2 unspecified atom stereocenters. The van der Waals surface area contributed by atoms with Crippen molar-refractivity contribution in [2.75, 3.05) is 7.05 Å². The fraction of sp³-hybridized carbons (Fsp3) is 0.714. The van der Waals surface area contributed by atoms with Crippen molar-refractivity contribution < 1.29 is 15.2 Å². The second kappa shape index (κ2) is 6.81. The fourth-order valence-corrected chi connectivity index (χ4v) is 0.908. The van der Waals surface area contributed by atoms with Gasteiger partial charge in [0.05, 0.1) is 0 Å². The van der Waals surface area contributed by atoms with Crippen molar-refractivity contribution in [1.82, 2.24) is 5.32 Å². The molecular formula is C7H17N3O3. The number of allylic oxidation sites excluding steroid dienone is 1. The molecule has 0 aliphatic heterocycles. The highest BCUT2D eigenvalue weighted by Crippen LogP contribution is 2.02. The molecule has 0 saturated heterocycles. The summed E-state index contributed by atoms with van der Waals surface area (Å²) in [4.78, 5) is 8.64. The summed E-state index contributed by atoms with van der Waals surface area (Å²) in [5.41, 5.74) is 0.998. The number of hydrogen-bond acceptors (Lipinski definition) is 5. The van der Waals surface area contributed by atoms with Gasteiger partial charge < -0.3 is 10.5 Å². The van der Waals surface area contributed by atoms with Gasteiger partial charge in [-0.15, -0.1) is 0 Å². The van der Waals surface area contributed by atoms with E-state index in [1.807, 2.05) is 20.0 Å². The standard InChI is InChI=1S/C7H17N3O3/c1-4-7(9-3)5-6(2)12-10(11)13-8/h4,6,9-10H,5,8H2,1-3H3/b7-4-. The van der Waals surface area contributed by atoms with Gasteiger partial charge >= 0.3 is 0 Å². The number of nitrogens with one attached hydrogen (secondary N) is 2. The molecule has 13 heavy (non-hydrogen) atoms. The summed E-state index contributed by atoms with van der Waals surface area (Å²) in [6, 6.07) is 0. The maximum absolute atomic E-state index is 10.6. The summed E-state index contributed by atoms with van der Waals surface area (Å²) in [6.45, 7) is 3.66. The fourth-order valence-electron chi connectivity index (χ4n) is 0.908. The third-order valence-electron chi connectivity index (χ3n) is 1.57. The normalized spacial score (nSPS) is 16.8. The third-order valence-corrected chi connectivity index (χ3v) is 1.57. The van der Waals surface area contributed by atoms with Crippen molar-refractivity contribution >= 4 is 0 Å². The summed E-state index contributed by atoms with van der Waals surface area (Å²) < 4.78 is 0. The van der Waals surface area contributed by atoms with Crippen molar-refractivity contribution in [2.45, 2.75) is 26.4 Å². The number of nitrogens with two attached hydrogens (primary N) is 1. The van der Waals surface area contributed by atoms with Gasteiger partial charge in [-0.1, -0.05) is 16.4 Å². The van der Waals surface area contributed by atoms with Crippen molar-refractivity contribution in [2.24, 2.45) is 5.90 Å². The Labute approximate surface area is 77.7 Å². The lowest BCUT2D eigenvalue weighted by Gasteiger charge is -2.19. The minimum Gasteiger partial charge on any atom is -0.564 e. The molecule has 4 N–H and O–H groups in total. The van der Waals surface area contributed by atoms with E-state index in [1.165, 1.54) is 0 Å². The van der Waals surface area contributed by atoms with Crippen LogP contribution in [-0.4, -0.2) is 13.2 Å². The predicted octanol–water partition coefficient (Wildman–Crippen LogP) is -0.992. The maximum atomic E-state index is 10.6. The molecule has 0 spiro atoms. The first-order valence-electron chi connectivity index (χ1n) is 4.04. The molecule has 6 nitrogen and oxygen atoms in total. The molecule has 0 aromatic rings. The lowest BCUT2D eigenvalue weighted by Crippen LogP contribution is -3.06. The summed E-state index contributed by atoms with van der Waals surface area (Å²) in [6.07, 6.45) is 2.27. The van der Waals surface area contributed by atoms with Crippen LogP contribution in [0.15, 0.2) is 11.8 Å². The highest BCUT2D eigenvalue weighted by molar-refractivity contribution is 4.97. The van der Waals surface area contributed by atoms with Crippen molar-refractivity contribution in [3.05, 3.63) is 17.0 Å². The molecule has 0 rings (SSSR count). The van der Waals surface area contributed by atoms with E-state index in [1.54, 1.807) is 6.92 Å². The average molecular weight is 191 g/mol. The summed E-state index contributed by atoms with van der Waals surface area (Å²) >= 11 is 0. The summed E-state index contributed by atoms with van der Waals surface area (Å²) in [5.74, 6) is 4.61. The Bertz CT molecular complexity index is 163. The predicted molar refractivity (Wildman–Crippen MR) is 47.6 cm³/mol. The Morgan fingerprint density at radius 3 is 2.77 bits per heavy atom. The van der Waals surface area contributed by atoms with Gasteiger partial charge in [0.1, 0.15) is 6.10 Å². The molecular weight excluding hydrogens is 174 g/mol. The van der Waals surface area contributed by atoms with Crippen molar-refractivity contribution in [3.8, 4) is 0 Å². The van der Waals surface area contributed by atoms with E-state index < -0.39 is 5.39 Å². The van der Waals surface area contributed by atoms with E-state index >= 15 is 0 Å². The van der Waals surface area contributed by atoms with E-state index in [-0.39, 0.29) is 6.10 Å². The molecule has 0 aromatic heterocycles. The minimum absolute atomic E-state index is 0.255. The minimum atomic E-state index is -0.862. The van der Waals surface area contributed by atoms with Crippen LogP contribution in [0.5, 0.6) is 0 Å². The molecule has 0 heterocycles. The highest BCUT2D eigenvalue weighted by Gasteiger charge is 2.09. The molecule has 6 heteroatoms. The Morgan fingerprint density at radius 2 is 2.38 bits per heavy atom. The van der Waals surface area contributed by atoms with Crippen LogP contribution in [0.1, 0.15) is 20.3 Å². The summed E-state index contributed by atoms with van der Waals surface area (Å²) in [7, 11) is 1.81. The quantitative estimate of drug-likeness (QED) is 0.469. The van der Waals surface area contributed by atoms with Gasteiger partial charge in [-0.05, 0) is 13.8 Å². The van der Waals surface area contributed by atoms with Gasteiger partial charge in [0.25, 0.3) is 0 Å². The molecule has 0 aliphatic carbocycles. The van der Waals surface area contributed by atoms with Crippen LogP contribution in [0.4, 0.5) is 0 Å². The highest BCUT2D eigenvalue weighted by atomic mass is 17.2. The third kappa shape index (κ3) is 5.56. The largest absolute Gasteiger partial charge is 0.564 e. The lowest BCUT2D eigenvalue weighted by atomic mass is 10.2. The monoisotopic (exact) mass is 191 g/mol. The van der Waals surface area contributed by atoms with Gasteiger partial charge in [-0.2, -0.15) is 10.7 Å². The molecule has 0 bridgehead atoms. The van der Waals surface area contributed by atoms with Gasteiger partial charge in [0.2, 0.25) is 0 Å². The SMILES string of the molecule is C/C=C(/CC(C)O[NH+]([O-])ON)NC. The van der Waals surface area contributed by atoms with E-state index in [2.05, 4.69) is 16.2 Å². The first-order chi connectivity index (χ1) is 6.13. The smallest absolute Gasteiger partial charge is 0.124 e. The Hall–Kier alpha value is -0.660. The van der Waals surface area contributed by atoms with Crippen molar-refractivity contribution in [1.29, 1.82) is 0 Å². The second-order valence-corrected chi connectivity index (χ2v) is 2.56. The van der Waals surface area contributed by atoms with E-state index in [0.717, 1.165) is 5.70 Å². The zero-order valence-corrected chi connectivity index (χ0v) is 8.16. The van der Waals surface area contributed by atoms with Gasteiger partial charge in [-0.3, -0.25) is 0 Å². The van der Waals surface area contributed by atoms with E-state index in [0.29, 0.717) is 6.42 Å². The maximum Gasteiger partial charge on any atom is 0.124 e. The topological polar surface area (TPSA) is 84.0 Å². The Kier molecular flexibility index (Phi) is 6.47. The molecule has 0 fully saturated rings. The lowest BCUT2D eigenvalue weighted by molar-refractivity contribution is -1.21. The van der Waals surface area contributed by atoms with Crippen LogP contribution in [0.2, 0.25) is 0 Å². The van der Waals surface area contributed by atoms with Gasteiger partial charge in [0, 0.05) is 19.2 Å². The van der Waals surface area contributed by atoms with Crippen LogP contribution in [0.3, 0.4) is 0 Å². The molecule has 0 radical (unpaired) electrons. The zero-order chi connectivity index (χ0) is 10.3. The van der Waals surface area contributed by atoms with Crippen LogP contribution >= 0.6 is 0 Å². The van der Waals surface area contributed by atoms with Crippen LogP contribution in [0, 0.1) is 5.21 Å². The van der Waals surface area contributed by atoms with E-state index in [9.17, 15) is 5.21 Å². The molecule has 2 atom stereocenters. The molecule has 0 aliphatic rings. The number of rotatable bonds is 6. The number of hydrogen-bond donors (Lipinski definition) is 3. The molecule has 0 aromatic carbocycles. The average Bonchev–Trinajstić information content (AvgIpc) is 2.13. The molecule has 78 valence electrons. The molecule has 0 amide bonds. The molecule has 0 saturated carbocycles. The van der Waals surface area contributed by atoms with Crippen LogP contribution in [-0.2, 0) is 9.78 Å². The first kappa shape index (κ1) is 12.3. The Morgan fingerprint density at radius 1 is 1.77 bits per heavy atom. The second-order valence-electron chi connectivity index (χ2n) is 2.56. The first-order valence-corrected chi connectivity index (χ1v) is 4.04. The van der Waals surface area contributed by atoms with E-state index in [4.69, 9.17) is 4.84 Å². The van der Waals surface area contributed by atoms with Gasteiger partial charge in [-0.25, -0.2) is 0 Å².